The first-order chi connectivity index (χ1) is 7.60. The van der Waals surface area contributed by atoms with Gasteiger partial charge in [-0.15, -0.1) is 0 Å². The topological polar surface area (TPSA) is 148 Å². The van der Waals surface area contributed by atoms with Crippen molar-refractivity contribution in [3.05, 3.63) is 24.5 Å². The molecule has 1 heterocycles. The SMILES string of the molecule is Nc1cc[n+](CC(P(=O)([O-])O)P(=O)(O)O)cc1. The average molecular weight is 282 g/mol. The van der Waals surface area contributed by atoms with E-state index >= 15 is 0 Å². The molecule has 0 aliphatic carbocycles. The first-order valence-electron chi connectivity index (χ1n) is 4.44. The second-order valence-electron chi connectivity index (χ2n) is 3.46. The molecule has 1 aromatic rings. The second-order valence-corrected chi connectivity index (χ2v) is 7.42. The Morgan fingerprint density at radius 3 is 2.12 bits per heavy atom. The van der Waals surface area contributed by atoms with Gasteiger partial charge in [-0.05, 0) is 0 Å². The van der Waals surface area contributed by atoms with E-state index in [9.17, 15) is 14.0 Å². The van der Waals surface area contributed by atoms with E-state index in [4.69, 9.17) is 20.4 Å². The molecule has 0 aliphatic rings. The van der Waals surface area contributed by atoms with Crippen molar-refractivity contribution in [2.45, 2.75) is 11.9 Å². The van der Waals surface area contributed by atoms with Crippen molar-refractivity contribution < 1.29 is 33.3 Å². The fraction of sp³-hybridized carbons (Fsp3) is 0.286. The minimum absolute atomic E-state index is 0.420. The van der Waals surface area contributed by atoms with Crippen LogP contribution >= 0.6 is 15.2 Å². The van der Waals surface area contributed by atoms with E-state index in [1.165, 1.54) is 29.1 Å². The molecule has 5 N–H and O–H groups in total. The summed E-state index contributed by atoms with van der Waals surface area (Å²) < 4.78 is 23.1. The van der Waals surface area contributed by atoms with Crippen molar-refractivity contribution in [3.63, 3.8) is 0 Å². The van der Waals surface area contributed by atoms with Crippen LogP contribution in [0.2, 0.25) is 0 Å². The summed E-state index contributed by atoms with van der Waals surface area (Å²) in [4.78, 5) is 37.4. The molecule has 0 saturated heterocycles. The zero-order chi connectivity index (χ0) is 13.3. The van der Waals surface area contributed by atoms with Crippen LogP contribution in [0.5, 0.6) is 0 Å². The van der Waals surface area contributed by atoms with Crippen LogP contribution in [-0.2, 0) is 15.7 Å². The van der Waals surface area contributed by atoms with Gasteiger partial charge in [-0.2, -0.15) is 0 Å². The molecule has 0 aromatic carbocycles. The number of nitrogen functional groups attached to an aromatic ring is 1. The van der Waals surface area contributed by atoms with Crippen molar-refractivity contribution in [2.75, 3.05) is 5.73 Å². The molecule has 0 fully saturated rings. The number of hydrogen-bond acceptors (Lipinski definition) is 4. The van der Waals surface area contributed by atoms with Gasteiger partial charge in [0.1, 0.15) is 0 Å². The summed E-state index contributed by atoms with van der Waals surface area (Å²) in [5, 5.41) is -2.16. The van der Waals surface area contributed by atoms with Crippen molar-refractivity contribution in [3.8, 4) is 0 Å². The predicted octanol–water partition coefficient (Wildman–Crippen LogP) is -1.39. The lowest BCUT2D eigenvalue weighted by molar-refractivity contribution is -0.694. The fourth-order valence-corrected chi connectivity index (χ4v) is 3.50. The number of anilines is 1. The molecule has 1 aromatic heterocycles. The van der Waals surface area contributed by atoms with E-state index in [1.807, 2.05) is 0 Å². The van der Waals surface area contributed by atoms with Gasteiger partial charge in [-0.3, -0.25) is 4.57 Å². The Morgan fingerprint density at radius 1 is 1.29 bits per heavy atom. The van der Waals surface area contributed by atoms with Crippen molar-refractivity contribution in [2.24, 2.45) is 0 Å². The van der Waals surface area contributed by atoms with Gasteiger partial charge in [-0.1, -0.05) is 0 Å². The Balaban J connectivity index is 3.00. The molecule has 0 saturated carbocycles. The fourth-order valence-electron chi connectivity index (χ4n) is 1.18. The molecule has 0 amide bonds. The summed E-state index contributed by atoms with van der Waals surface area (Å²) in [6, 6.07) is 2.87. The monoisotopic (exact) mass is 282 g/mol. The molecular formula is C7H12N2O6P2. The highest BCUT2D eigenvalue weighted by atomic mass is 31.2. The Hall–Kier alpha value is -0.750. The molecule has 10 heteroatoms. The predicted molar refractivity (Wildman–Crippen MR) is 56.7 cm³/mol. The standard InChI is InChI=1S/C7H12N2O6P2/c8-6-1-3-9(4-2-6)5-7(16(10,11)12)17(13,14)15/h1-4,7-8H,5H2,(H4,10,11,12,13,14,15). The minimum atomic E-state index is -5.14. The highest BCUT2D eigenvalue weighted by molar-refractivity contribution is 7.70. The van der Waals surface area contributed by atoms with Gasteiger partial charge in [-0.25, -0.2) is 4.57 Å². The number of rotatable bonds is 4. The van der Waals surface area contributed by atoms with Crippen LogP contribution in [0.3, 0.4) is 0 Å². The third-order valence-corrected chi connectivity index (χ3v) is 5.69. The van der Waals surface area contributed by atoms with E-state index in [1.54, 1.807) is 0 Å². The van der Waals surface area contributed by atoms with Crippen LogP contribution in [0.25, 0.3) is 0 Å². The Labute approximate surface area is 97.0 Å². The van der Waals surface area contributed by atoms with Gasteiger partial charge in [0.05, 0.1) is 0 Å². The molecule has 0 radical (unpaired) electrons. The van der Waals surface area contributed by atoms with Crippen LogP contribution in [0.15, 0.2) is 24.5 Å². The smallest absolute Gasteiger partial charge is 0.343 e. The van der Waals surface area contributed by atoms with E-state index in [0.29, 0.717) is 5.69 Å². The number of nitrogens with zero attached hydrogens (tertiary/aromatic N) is 1. The Morgan fingerprint density at radius 2 is 1.76 bits per heavy atom. The molecular weight excluding hydrogens is 270 g/mol. The average Bonchev–Trinajstić information content (AvgIpc) is 2.13. The van der Waals surface area contributed by atoms with Gasteiger partial charge < -0.3 is 29.9 Å². The lowest BCUT2D eigenvalue weighted by Gasteiger charge is -2.25. The summed E-state index contributed by atoms with van der Waals surface area (Å²) in [6.07, 6.45) is 2.71. The zero-order valence-electron chi connectivity index (χ0n) is 8.58. The maximum atomic E-state index is 11.0. The van der Waals surface area contributed by atoms with Crippen LogP contribution in [0, 0.1) is 0 Å². The number of aromatic nitrogens is 1. The molecule has 1 rings (SSSR count). The molecule has 2 atom stereocenters. The van der Waals surface area contributed by atoms with Crippen LogP contribution in [0.1, 0.15) is 0 Å². The normalized spacial score (nSPS) is 17.4. The summed E-state index contributed by atoms with van der Waals surface area (Å²) in [5.74, 6) is 0. The first-order valence-corrected chi connectivity index (χ1v) is 7.77. The number of nitrogens with two attached hydrogens (primary N) is 1. The Bertz CT molecular complexity index is 456. The summed E-state index contributed by atoms with van der Waals surface area (Å²) in [6.45, 7) is -0.554. The number of hydrogen-bond donors (Lipinski definition) is 4. The lowest BCUT2D eigenvalue weighted by atomic mass is 10.4. The molecule has 17 heavy (non-hydrogen) atoms. The van der Waals surface area contributed by atoms with Crippen LogP contribution in [0.4, 0.5) is 5.69 Å². The summed E-state index contributed by atoms with van der Waals surface area (Å²) in [7, 11) is -10.1. The highest BCUT2D eigenvalue weighted by Crippen LogP contribution is 2.57. The highest BCUT2D eigenvalue weighted by Gasteiger charge is 2.40. The van der Waals surface area contributed by atoms with E-state index < -0.39 is 27.1 Å². The Kier molecular flexibility index (Phi) is 4.09. The molecule has 2 unspecified atom stereocenters. The van der Waals surface area contributed by atoms with Crippen LogP contribution < -0.4 is 15.2 Å². The van der Waals surface area contributed by atoms with Gasteiger partial charge >= 0.3 is 7.60 Å². The van der Waals surface area contributed by atoms with E-state index in [2.05, 4.69) is 0 Å². The third kappa shape index (κ3) is 4.20. The maximum absolute atomic E-state index is 11.0. The molecule has 0 aliphatic heterocycles. The van der Waals surface area contributed by atoms with Crippen LogP contribution in [-0.4, -0.2) is 20.1 Å². The quantitative estimate of drug-likeness (QED) is 0.392. The maximum Gasteiger partial charge on any atom is 0.343 e. The summed E-state index contributed by atoms with van der Waals surface area (Å²) >= 11 is 0. The molecule has 96 valence electrons. The molecule has 0 bridgehead atoms. The molecule has 0 spiro atoms. The van der Waals surface area contributed by atoms with Gasteiger partial charge in [0.15, 0.2) is 31.9 Å². The number of pyridine rings is 1. The lowest BCUT2D eigenvalue weighted by Crippen LogP contribution is -2.40. The van der Waals surface area contributed by atoms with E-state index in [0.717, 1.165) is 0 Å². The summed E-state index contributed by atoms with van der Waals surface area (Å²) in [5.41, 5.74) is 5.82. The largest absolute Gasteiger partial charge is 0.778 e. The first kappa shape index (κ1) is 14.3. The second kappa shape index (κ2) is 4.86. The van der Waals surface area contributed by atoms with Gasteiger partial charge in [0.25, 0.3) is 0 Å². The van der Waals surface area contributed by atoms with Crippen molar-refractivity contribution in [1.29, 1.82) is 0 Å². The third-order valence-electron chi connectivity index (χ3n) is 2.06. The van der Waals surface area contributed by atoms with Gasteiger partial charge in [0.2, 0.25) is 0 Å². The van der Waals surface area contributed by atoms with Gasteiger partial charge in [0, 0.05) is 17.8 Å². The van der Waals surface area contributed by atoms with E-state index in [-0.39, 0.29) is 0 Å². The van der Waals surface area contributed by atoms with Crippen molar-refractivity contribution >= 4 is 20.9 Å². The minimum Gasteiger partial charge on any atom is -0.778 e. The zero-order valence-corrected chi connectivity index (χ0v) is 10.4. The molecule has 8 nitrogen and oxygen atoms in total. The van der Waals surface area contributed by atoms with Crippen molar-refractivity contribution in [1.82, 2.24) is 0 Å².